The van der Waals surface area contributed by atoms with Crippen LogP contribution in [-0.4, -0.2) is 60.1 Å². The summed E-state index contributed by atoms with van der Waals surface area (Å²) in [6.07, 6.45) is 0.678. The van der Waals surface area contributed by atoms with Gasteiger partial charge in [0.25, 0.3) is 0 Å². The summed E-state index contributed by atoms with van der Waals surface area (Å²) in [7, 11) is 0. The Hall–Kier alpha value is -0.660. The first-order valence-electron chi connectivity index (χ1n) is 8.94. The van der Waals surface area contributed by atoms with Gasteiger partial charge in [-0.1, -0.05) is 25.4 Å². The first-order valence-corrected chi connectivity index (χ1v) is 10.1. The predicted molar refractivity (Wildman–Crippen MR) is 102 cm³/mol. The van der Waals surface area contributed by atoms with E-state index >= 15 is 0 Å². The minimum atomic E-state index is -0.809. The second kappa shape index (κ2) is 7.16. The normalized spacial score (nSPS) is 29.5. The SMILES string of the molecule is CCOC1CC(N)(C(=O)N2CCN(Cc3ccc(Cl)s3)CC2)C1(C)C. The molecule has 0 aromatic carbocycles. The molecule has 140 valence electrons. The number of hydrogen-bond acceptors (Lipinski definition) is 5. The van der Waals surface area contributed by atoms with Crippen LogP contribution in [0, 0.1) is 5.41 Å². The van der Waals surface area contributed by atoms with Crippen molar-refractivity contribution in [2.24, 2.45) is 11.1 Å². The maximum absolute atomic E-state index is 13.0. The van der Waals surface area contributed by atoms with Gasteiger partial charge in [0.1, 0.15) is 5.54 Å². The molecular formula is C18H28ClN3O2S. The molecule has 0 radical (unpaired) electrons. The lowest BCUT2D eigenvalue weighted by atomic mass is 9.54. The number of hydrogen-bond donors (Lipinski definition) is 1. The minimum Gasteiger partial charge on any atom is -0.378 e. The van der Waals surface area contributed by atoms with Gasteiger partial charge < -0.3 is 15.4 Å². The number of carbonyl (C=O) groups is 1. The highest BCUT2D eigenvalue weighted by molar-refractivity contribution is 7.16. The monoisotopic (exact) mass is 385 g/mol. The number of thiophene rings is 1. The van der Waals surface area contributed by atoms with E-state index in [9.17, 15) is 4.79 Å². The fraction of sp³-hybridized carbons (Fsp3) is 0.722. The number of halogens is 1. The zero-order valence-electron chi connectivity index (χ0n) is 15.3. The summed E-state index contributed by atoms with van der Waals surface area (Å²) in [6.45, 7) is 10.8. The van der Waals surface area contributed by atoms with Crippen molar-refractivity contribution >= 4 is 28.8 Å². The van der Waals surface area contributed by atoms with E-state index in [4.69, 9.17) is 22.1 Å². The number of amides is 1. The summed E-state index contributed by atoms with van der Waals surface area (Å²) in [6, 6.07) is 4.01. The Kier molecular flexibility index (Phi) is 5.47. The molecule has 1 saturated carbocycles. The predicted octanol–water partition coefficient (Wildman–Crippen LogP) is 2.58. The molecule has 2 heterocycles. The number of nitrogens with zero attached hydrogens (tertiary/aromatic N) is 2. The van der Waals surface area contributed by atoms with Gasteiger partial charge in [0.2, 0.25) is 5.91 Å². The molecule has 0 bridgehead atoms. The molecule has 1 aromatic rings. The van der Waals surface area contributed by atoms with Crippen LogP contribution < -0.4 is 5.73 Å². The number of carbonyl (C=O) groups excluding carboxylic acids is 1. The van der Waals surface area contributed by atoms with Gasteiger partial charge in [0.05, 0.1) is 10.4 Å². The smallest absolute Gasteiger partial charge is 0.243 e. The van der Waals surface area contributed by atoms with Gasteiger partial charge in [-0.2, -0.15) is 0 Å². The van der Waals surface area contributed by atoms with Crippen LogP contribution in [-0.2, 0) is 16.1 Å². The summed E-state index contributed by atoms with van der Waals surface area (Å²) in [5.74, 6) is 0.0762. The van der Waals surface area contributed by atoms with Crippen LogP contribution in [0.15, 0.2) is 12.1 Å². The number of piperazine rings is 1. The van der Waals surface area contributed by atoms with Crippen molar-refractivity contribution in [3.63, 3.8) is 0 Å². The van der Waals surface area contributed by atoms with Gasteiger partial charge in [0.15, 0.2) is 0 Å². The Morgan fingerprint density at radius 2 is 2.04 bits per heavy atom. The Morgan fingerprint density at radius 1 is 1.36 bits per heavy atom. The lowest BCUT2D eigenvalue weighted by Gasteiger charge is -2.59. The van der Waals surface area contributed by atoms with E-state index in [2.05, 4.69) is 11.0 Å². The highest BCUT2D eigenvalue weighted by Gasteiger charge is 2.63. The minimum absolute atomic E-state index is 0.0660. The standard InChI is InChI=1S/C18H28ClN3O2S/c1-4-24-14-11-18(20,17(14,2)3)16(23)22-9-7-21(8-10-22)12-13-5-6-15(19)25-13/h5-6,14H,4,7-12,20H2,1-3H3. The van der Waals surface area contributed by atoms with Gasteiger partial charge in [-0.25, -0.2) is 0 Å². The molecule has 1 amide bonds. The summed E-state index contributed by atoms with van der Waals surface area (Å²) >= 11 is 7.62. The van der Waals surface area contributed by atoms with Gasteiger partial charge in [-0.05, 0) is 19.1 Å². The van der Waals surface area contributed by atoms with Crippen LogP contribution in [0.1, 0.15) is 32.1 Å². The molecule has 25 heavy (non-hydrogen) atoms. The second-order valence-electron chi connectivity index (χ2n) is 7.62. The topological polar surface area (TPSA) is 58.8 Å². The van der Waals surface area contributed by atoms with Crippen LogP contribution in [0.5, 0.6) is 0 Å². The molecule has 2 atom stereocenters. The Bertz CT molecular complexity index is 628. The number of rotatable bonds is 5. The average Bonchev–Trinajstić information content (AvgIpc) is 2.99. The Morgan fingerprint density at radius 3 is 2.56 bits per heavy atom. The van der Waals surface area contributed by atoms with Crippen LogP contribution in [0.3, 0.4) is 0 Å². The molecule has 1 aliphatic heterocycles. The van der Waals surface area contributed by atoms with Crippen molar-refractivity contribution in [3.8, 4) is 0 Å². The molecule has 1 aromatic heterocycles. The molecule has 0 spiro atoms. The third-order valence-electron chi connectivity index (χ3n) is 5.88. The lowest BCUT2D eigenvalue weighted by molar-refractivity contribution is -0.180. The van der Waals surface area contributed by atoms with Crippen LogP contribution >= 0.6 is 22.9 Å². The number of nitrogens with two attached hydrogens (primary N) is 1. The van der Waals surface area contributed by atoms with E-state index < -0.39 is 5.54 Å². The summed E-state index contributed by atoms with van der Waals surface area (Å²) in [5, 5.41) is 0. The van der Waals surface area contributed by atoms with Crippen molar-refractivity contribution in [1.82, 2.24) is 9.80 Å². The average molecular weight is 386 g/mol. The molecule has 7 heteroatoms. The Labute approximate surface area is 159 Å². The highest BCUT2D eigenvalue weighted by atomic mass is 35.5. The maximum atomic E-state index is 13.0. The molecule has 2 fully saturated rings. The zero-order chi connectivity index (χ0) is 18.2. The highest BCUT2D eigenvalue weighted by Crippen LogP contribution is 2.50. The van der Waals surface area contributed by atoms with Gasteiger partial charge >= 0.3 is 0 Å². The molecular weight excluding hydrogens is 358 g/mol. The lowest BCUT2D eigenvalue weighted by Crippen LogP contribution is -2.76. The largest absolute Gasteiger partial charge is 0.378 e. The summed E-state index contributed by atoms with van der Waals surface area (Å²) in [4.78, 5) is 18.6. The van der Waals surface area contributed by atoms with E-state index in [1.165, 1.54) is 4.88 Å². The summed E-state index contributed by atoms with van der Waals surface area (Å²) in [5.41, 5.74) is 5.40. The molecule has 1 saturated heterocycles. The molecule has 3 rings (SSSR count). The van der Waals surface area contributed by atoms with Gasteiger partial charge in [0, 0.05) is 56.0 Å². The molecule has 2 aliphatic rings. The van der Waals surface area contributed by atoms with Crippen molar-refractivity contribution < 1.29 is 9.53 Å². The van der Waals surface area contributed by atoms with Crippen LogP contribution in [0.25, 0.3) is 0 Å². The summed E-state index contributed by atoms with van der Waals surface area (Å²) < 4.78 is 6.57. The van der Waals surface area contributed by atoms with E-state index in [1.807, 2.05) is 31.7 Å². The van der Waals surface area contributed by atoms with E-state index in [1.54, 1.807) is 11.3 Å². The third kappa shape index (κ3) is 3.47. The number of ether oxygens (including phenoxy) is 1. The van der Waals surface area contributed by atoms with Gasteiger partial charge in [-0.15, -0.1) is 11.3 Å². The first-order chi connectivity index (χ1) is 11.8. The molecule has 5 nitrogen and oxygen atoms in total. The van der Waals surface area contributed by atoms with Crippen molar-refractivity contribution in [2.75, 3.05) is 32.8 Å². The quantitative estimate of drug-likeness (QED) is 0.846. The van der Waals surface area contributed by atoms with E-state index in [0.717, 1.165) is 37.1 Å². The van der Waals surface area contributed by atoms with Crippen molar-refractivity contribution in [3.05, 3.63) is 21.3 Å². The van der Waals surface area contributed by atoms with Crippen LogP contribution in [0.4, 0.5) is 0 Å². The zero-order valence-corrected chi connectivity index (χ0v) is 16.8. The molecule has 2 N–H and O–H groups in total. The van der Waals surface area contributed by atoms with E-state index in [-0.39, 0.29) is 17.4 Å². The van der Waals surface area contributed by atoms with Crippen LogP contribution in [0.2, 0.25) is 4.34 Å². The fourth-order valence-corrected chi connectivity index (χ4v) is 4.98. The van der Waals surface area contributed by atoms with Crippen molar-refractivity contribution in [2.45, 2.75) is 45.4 Å². The first kappa shape index (κ1) is 19.1. The fourth-order valence-electron chi connectivity index (χ4n) is 3.85. The van der Waals surface area contributed by atoms with Gasteiger partial charge in [-0.3, -0.25) is 9.69 Å². The molecule has 2 unspecified atom stereocenters. The van der Waals surface area contributed by atoms with E-state index in [0.29, 0.717) is 13.0 Å². The Balaban J connectivity index is 1.55. The third-order valence-corrected chi connectivity index (χ3v) is 7.10. The second-order valence-corrected chi connectivity index (χ2v) is 9.41. The molecule has 1 aliphatic carbocycles. The maximum Gasteiger partial charge on any atom is 0.243 e. The van der Waals surface area contributed by atoms with Crippen molar-refractivity contribution in [1.29, 1.82) is 0 Å².